The largest absolute Gasteiger partial charge is 0.451 e. The summed E-state index contributed by atoms with van der Waals surface area (Å²) >= 11 is 3.43. The molecule has 1 amide bonds. The lowest BCUT2D eigenvalue weighted by atomic mass is 9.78. The zero-order chi connectivity index (χ0) is 23.2. The molecule has 0 saturated carbocycles. The SMILES string of the molecule is Cc1cc2c(cc1/C=N/NC(=O)c1cc3cc(Br)ccc3o1)[C@H](C)CC(C)(C)N2C(C)C. The van der Waals surface area contributed by atoms with Crippen molar-refractivity contribution in [2.45, 2.75) is 65.5 Å². The molecular weight excluding hydrogens is 466 g/mol. The van der Waals surface area contributed by atoms with Gasteiger partial charge in [-0.3, -0.25) is 4.79 Å². The van der Waals surface area contributed by atoms with Crippen molar-refractivity contribution in [2.75, 3.05) is 4.90 Å². The molecule has 0 fully saturated rings. The van der Waals surface area contributed by atoms with E-state index < -0.39 is 0 Å². The van der Waals surface area contributed by atoms with Crippen LogP contribution in [0.5, 0.6) is 0 Å². The number of amides is 1. The molecule has 6 heteroatoms. The van der Waals surface area contributed by atoms with Gasteiger partial charge in [-0.05, 0) is 100 Å². The maximum atomic E-state index is 12.5. The highest BCUT2D eigenvalue weighted by atomic mass is 79.9. The van der Waals surface area contributed by atoms with Gasteiger partial charge in [0.1, 0.15) is 5.58 Å². The third-order valence-corrected chi connectivity index (χ3v) is 6.75. The molecule has 4 rings (SSSR count). The fraction of sp³-hybridized carbons (Fsp3) is 0.385. The summed E-state index contributed by atoms with van der Waals surface area (Å²) in [6.07, 6.45) is 2.82. The summed E-state index contributed by atoms with van der Waals surface area (Å²) in [5.41, 5.74) is 8.14. The van der Waals surface area contributed by atoms with Crippen LogP contribution in [0.1, 0.15) is 74.2 Å². The Balaban J connectivity index is 1.57. The van der Waals surface area contributed by atoms with Crippen LogP contribution in [0.4, 0.5) is 5.69 Å². The molecule has 0 bridgehead atoms. The summed E-state index contributed by atoms with van der Waals surface area (Å²) in [4.78, 5) is 15.0. The zero-order valence-electron chi connectivity index (χ0n) is 19.5. The number of benzene rings is 2. The number of furan rings is 1. The molecule has 3 aromatic rings. The van der Waals surface area contributed by atoms with E-state index in [9.17, 15) is 4.79 Å². The first kappa shape index (κ1) is 22.6. The van der Waals surface area contributed by atoms with E-state index in [1.54, 1.807) is 12.3 Å². The van der Waals surface area contributed by atoms with E-state index in [-0.39, 0.29) is 17.2 Å². The molecular formula is C26H30BrN3O2. The normalized spacial score (nSPS) is 17.9. The molecule has 0 radical (unpaired) electrons. The van der Waals surface area contributed by atoms with Crippen LogP contribution in [-0.2, 0) is 0 Å². The van der Waals surface area contributed by atoms with Gasteiger partial charge in [-0.15, -0.1) is 0 Å². The summed E-state index contributed by atoms with van der Waals surface area (Å²) in [5.74, 6) is 0.318. The molecule has 0 saturated heterocycles. The monoisotopic (exact) mass is 495 g/mol. The summed E-state index contributed by atoms with van der Waals surface area (Å²) in [5, 5.41) is 5.08. The fourth-order valence-electron chi connectivity index (χ4n) is 5.07. The van der Waals surface area contributed by atoms with E-state index in [4.69, 9.17) is 4.42 Å². The molecule has 1 aliphatic rings. The number of nitrogens with one attached hydrogen (secondary N) is 1. The highest BCUT2D eigenvalue weighted by molar-refractivity contribution is 9.10. The molecule has 1 atom stereocenters. The van der Waals surface area contributed by atoms with Crippen molar-refractivity contribution in [2.24, 2.45) is 5.10 Å². The van der Waals surface area contributed by atoms with Crippen LogP contribution in [0.15, 0.2) is 50.4 Å². The summed E-state index contributed by atoms with van der Waals surface area (Å²) in [7, 11) is 0. The third kappa shape index (κ3) is 4.20. The number of fused-ring (bicyclic) bond motifs is 2. The Morgan fingerprint density at radius 1 is 1.28 bits per heavy atom. The maximum Gasteiger partial charge on any atom is 0.307 e. The smallest absolute Gasteiger partial charge is 0.307 e. The lowest BCUT2D eigenvalue weighted by Crippen LogP contribution is -2.51. The van der Waals surface area contributed by atoms with Crippen molar-refractivity contribution in [3.8, 4) is 0 Å². The summed E-state index contributed by atoms with van der Waals surface area (Å²) < 4.78 is 6.58. The average molecular weight is 496 g/mol. The molecule has 1 aromatic heterocycles. The lowest BCUT2D eigenvalue weighted by Gasteiger charge is -2.50. The summed E-state index contributed by atoms with van der Waals surface area (Å²) in [6, 6.07) is 12.2. The van der Waals surface area contributed by atoms with E-state index in [0.717, 1.165) is 27.4 Å². The minimum atomic E-state index is -0.370. The van der Waals surface area contributed by atoms with Gasteiger partial charge >= 0.3 is 5.91 Å². The van der Waals surface area contributed by atoms with E-state index in [0.29, 0.717) is 17.5 Å². The van der Waals surface area contributed by atoms with Crippen LogP contribution in [0.25, 0.3) is 11.0 Å². The van der Waals surface area contributed by atoms with Gasteiger partial charge < -0.3 is 9.32 Å². The Bertz CT molecular complexity index is 1210. The van der Waals surface area contributed by atoms with Crippen molar-refractivity contribution in [1.29, 1.82) is 0 Å². The zero-order valence-corrected chi connectivity index (χ0v) is 21.1. The van der Waals surface area contributed by atoms with Crippen LogP contribution in [0, 0.1) is 6.92 Å². The van der Waals surface area contributed by atoms with Crippen LogP contribution >= 0.6 is 15.9 Å². The molecule has 2 heterocycles. The van der Waals surface area contributed by atoms with Gasteiger partial charge in [0.15, 0.2) is 5.76 Å². The van der Waals surface area contributed by atoms with Gasteiger partial charge in [0, 0.05) is 27.1 Å². The van der Waals surface area contributed by atoms with Crippen LogP contribution in [0.3, 0.4) is 0 Å². The van der Waals surface area contributed by atoms with Gasteiger partial charge in [-0.25, -0.2) is 5.43 Å². The van der Waals surface area contributed by atoms with Crippen LogP contribution < -0.4 is 10.3 Å². The Kier molecular flexibility index (Phi) is 5.93. The van der Waals surface area contributed by atoms with E-state index in [1.165, 1.54) is 11.3 Å². The number of carbonyl (C=O) groups is 1. The molecule has 1 aliphatic heterocycles. The number of hydrogen-bond acceptors (Lipinski definition) is 4. The van der Waals surface area contributed by atoms with Gasteiger partial charge in [0.25, 0.3) is 0 Å². The number of rotatable bonds is 4. The Morgan fingerprint density at radius 2 is 2.03 bits per heavy atom. The van der Waals surface area contributed by atoms with Crippen molar-refractivity contribution < 1.29 is 9.21 Å². The van der Waals surface area contributed by atoms with Crippen LogP contribution in [0.2, 0.25) is 0 Å². The second-order valence-electron chi connectivity index (χ2n) is 9.64. The second-order valence-corrected chi connectivity index (χ2v) is 10.6. The first-order valence-corrected chi connectivity index (χ1v) is 11.8. The van der Waals surface area contributed by atoms with E-state index >= 15 is 0 Å². The van der Waals surface area contributed by atoms with E-state index in [1.807, 2.05) is 18.2 Å². The average Bonchev–Trinajstić information content (AvgIpc) is 3.11. The van der Waals surface area contributed by atoms with Crippen LogP contribution in [-0.4, -0.2) is 23.7 Å². The number of halogens is 1. The predicted octanol–water partition coefficient (Wildman–Crippen LogP) is 6.77. The highest BCUT2D eigenvalue weighted by Crippen LogP contribution is 2.45. The number of aryl methyl sites for hydroxylation is 1. The molecule has 0 aliphatic carbocycles. The fourth-order valence-corrected chi connectivity index (χ4v) is 5.45. The highest BCUT2D eigenvalue weighted by Gasteiger charge is 2.37. The van der Waals surface area contributed by atoms with Crippen molar-refractivity contribution in [3.63, 3.8) is 0 Å². The summed E-state index contributed by atoms with van der Waals surface area (Å²) in [6.45, 7) is 13.5. The molecule has 2 aromatic carbocycles. The number of anilines is 1. The second kappa shape index (κ2) is 8.39. The Morgan fingerprint density at radius 3 is 2.75 bits per heavy atom. The van der Waals surface area contributed by atoms with Gasteiger partial charge in [-0.1, -0.05) is 22.9 Å². The van der Waals surface area contributed by atoms with Crippen molar-refractivity contribution >= 4 is 44.7 Å². The topological polar surface area (TPSA) is 57.8 Å². The number of hydrazone groups is 1. The quantitative estimate of drug-likeness (QED) is 0.320. The Labute approximate surface area is 198 Å². The number of hydrogen-bond donors (Lipinski definition) is 1. The van der Waals surface area contributed by atoms with Gasteiger partial charge in [0.05, 0.1) is 6.21 Å². The van der Waals surface area contributed by atoms with Crippen molar-refractivity contribution in [1.82, 2.24) is 5.43 Å². The molecule has 0 spiro atoms. The predicted molar refractivity (Wildman–Crippen MR) is 135 cm³/mol. The van der Waals surface area contributed by atoms with Crippen molar-refractivity contribution in [3.05, 3.63) is 63.3 Å². The standard InChI is InChI=1S/C26H30BrN3O2/c1-15(2)30-22-9-16(3)19(11-21(22)17(4)13-26(30,5)6)14-28-29-25(31)24-12-18-10-20(27)7-8-23(18)32-24/h7-12,14-15,17H,13H2,1-6H3,(H,29,31)/b28-14+/t17-/m1/s1. The molecule has 0 unspecified atom stereocenters. The van der Waals surface area contributed by atoms with Gasteiger partial charge in [-0.2, -0.15) is 5.10 Å². The maximum absolute atomic E-state index is 12.5. The lowest BCUT2D eigenvalue weighted by molar-refractivity contribution is 0.0929. The molecule has 32 heavy (non-hydrogen) atoms. The number of nitrogens with zero attached hydrogens (tertiary/aromatic N) is 2. The first-order valence-electron chi connectivity index (χ1n) is 11.0. The molecule has 168 valence electrons. The third-order valence-electron chi connectivity index (χ3n) is 6.25. The molecule has 1 N–H and O–H groups in total. The first-order chi connectivity index (χ1) is 15.1. The minimum absolute atomic E-state index is 0.110. The Hall–Kier alpha value is -2.60. The minimum Gasteiger partial charge on any atom is -0.451 e. The molecule has 5 nitrogen and oxygen atoms in total. The van der Waals surface area contributed by atoms with Gasteiger partial charge in [0.2, 0.25) is 0 Å². The van der Waals surface area contributed by atoms with E-state index in [2.05, 4.69) is 85.0 Å². The number of carbonyl (C=O) groups excluding carboxylic acids is 1.